The lowest BCUT2D eigenvalue weighted by Gasteiger charge is -2.16. The molecule has 3 atom stereocenters. The van der Waals surface area contributed by atoms with Gasteiger partial charge in [-0.2, -0.15) is 0 Å². The fourth-order valence-electron chi connectivity index (χ4n) is 3.15. The predicted octanol–water partition coefficient (Wildman–Crippen LogP) is 0.319. The third kappa shape index (κ3) is 3.05. The second-order valence-corrected chi connectivity index (χ2v) is 7.14. The third-order valence-corrected chi connectivity index (χ3v) is 4.85. The molecule has 0 radical (unpaired) electrons. The van der Waals surface area contributed by atoms with Gasteiger partial charge in [-0.05, 0) is 12.1 Å². The molecule has 0 spiro atoms. The molecule has 0 unspecified atom stereocenters. The highest BCUT2D eigenvalue weighted by Gasteiger charge is 2.40. The Morgan fingerprint density at radius 3 is 2.85 bits per heavy atom. The molecule has 0 saturated carbocycles. The monoisotopic (exact) mass is 381 g/mol. The summed E-state index contributed by atoms with van der Waals surface area (Å²) in [4.78, 5) is 30.5. The van der Waals surface area contributed by atoms with E-state index in [1.165, 1.54) is 6.33 Å². The van der Waals surface area contributed by atoms with Crippen LogP contribution in [-0.4, -0.2) is 53.2 Å². The van der Waals surface area contributed by atoms with Gasteiger partial charge in [-0.25, -0.2) is 19.5 Å². The van der Waals surface area contributed by atoms with Crippen LogP contribution in [0, 0.1) is 0 Å². The number of ether oxygens (including phenoxy) is 1. The first-order valence-electron chi connectivity index (χ1n) is 7.73. The molecule has 3 heterocycles. The zero-order valence-electron chi connectivity index (χ0n) is 13.3. The van der Waals surface area contributed by atoms with Crippen molar-refractivity contribution in [2.45, 2.75) is 24.9 Å². The molecule has 138 valence electrons. The van der Waals surface area contributed by atoms with Crippen LogP contribution in [0.5, 0.6) is 0 Å². The van der Waals surface area contributed by atoms with Crippen molar-refractivity contribution >= 4 is 35.6 Å². The first kappa shape index (κ1) is 17.3. The Morgan fingerprint density at radius 2 is 2.12 bits per heavy atom. The number of phosphoric ester groups is 1. The van der Waals surface area contributed by atoms with Crippen molar-refractivity contribution in [3.05, 3.63) is 24.8 Å². The van der Waals surface area contributed by atoms with Gasteiger partial charge in [-0.3, -0.25) is 4.52 Å². The van der Waals surface area contributed by atoms with E-state index < -0.39 is 32.9 Å². The Balaban J connectivity index is 1.72. The number of hydrogen-bond donors (Lipinski definition) is 4. The summed E-state index contributed by atoms with van der Waals surface area (Å²) < 4.78 is 23.3. The molecule has 1 aromatic carbocycles. The summed E-state index contributed by atoms with van der Waals surface area (Å²) in [5.74, 6) is 0.346. The molecule has 5 N–H and O–H groups in total. The highest BCUT2D eigenvalue weighted by atomic mass is 31.2. The van der Waals surface area contributed by atoms with E-state index >= 15 is 0 Å². The first-order chi connectivity index (χ1) is 12.4. The quantitative estimate of drug-likeness (QED) is 0.462. The molecule has 1 fully saturated rings. The zero-order chi connectivity index (χ0) is 18.5. The molecule has 1 aliphatic heterocycles. The average molecular weight is 381 g/mol. The van der Waals surface area contributed by atoms with E-state index in [1.807, 2.05) is 0 Å². The van der Waals surface area contributed by atoms with E-state index in [1.54, 1.807) is 23.0 Å². The Bertz CT molecular complexity index is 1020. The topological polar surface area (TPSA) is 166 Å². The summed E-state index contributed by atoms with van der Waals surface area (Å²) in [5.41, 5.74) is 7.84. The van der Waals surface area contributed by atoms with Crippen LogP contribution in [0.2, 0.25) is 0 Å². The fraction of sp³-hybridized carbons (Fsp3) is 0.357. The molecule has 12 heteroatoms. The molecule has 1 saturated heterocycles. The van der Waals surface area contributed by atoms with Crippen molar-refractivity contribution in [1.82, 2.24) is 19.5 Å². The molecule has 3 aromatic rings. The molecule has 0 aliphatic carbocycles. The molecule has 0 bridgehead atoms. The lowest BCUT2D eigenvalue weighted by atomic mass is 10.2. The van der Waals surface area contributed by atoms with Crippen LogP contribution < -0.4 is 5.73 Å². The van der Waals surface area contributed by atoms with Crippen LogP contribution >= 0.6 is 7.82 Å². The van der Waals surface area contributed by atoms with E-state index in [0.717, 1.165) is 0 Å². The number of fused-ring (bicyclic) bond motifs is 2. The highest BCUT2D eigenvalue weighted by Crippen LogP contribution is 2.44. The Kier molecular flexibility index (Phi) is 4.14. The van der Waals surface area contributed by atoms with Crippen molar-refractivity contribution in [1.29, 1.82) is 0 Å². The van der Waals surface area contributed by atoms with Crippen molar-refractivity contribution in [3.8, 4) is 0 Å². The number of rotatable bonds is 4. The number of aliphatic hydroxyl groups is 1. The number of nitrogen functional groups attached to an aromatic ring is 1. The average Bonchev–Trinajstić information content (AvgIpc) is 3.15. The molecular weight excluding hydrogens is 365 g/mol. The highest BCUT2D eigenvalue weighted by molar-refractivity contribution is 7.46. The molecular formula is C14H16N5O6P. The number of phosphoric acid groups is 1. The summed E-state index contributed by atoms with van der Waals surface area (Å²) in [5, 5.41) is 10.1. The minimum absolute atomic E-state index is 0.145. The van der Waals surface area contributed by atoms with Gasteiger partial charge in [0.15, 0.2) is 0 Å². The van der Waals surface area contributed by atoms with E-state index in [9.17, 15) is 9.67 Å². The fourth-order valence-corrected chi connectivity index (χ4v) is 3.72. The van der Waals surface area contributed by atoms with E-state index in [-0.39, 0.29) is 6.42 Å². The number of imidazole rings is 1. The SMILES string of the molecule is Nc1ncnc2cc3c(cc12)ncn3[C@H]1C[C@H](OP(=O)(O)O)[C@@H](CO)O1. The molecule has 0 amide bonds. The minimum Gasteiger partial charge on any atom is -0.394 e. The minimum atomic E-state index is -4.70. The maximum absolute atomic E-state index is 11.1. The Morgan fingerprint density at radius 1 is 1.31 bits per heavy atom. The number of aromatic nitrogens is 4. The number of benzene rings is 1. The van der Waals surface area contributed by atoms with Crippen LogP contribution in [0.25, 0.3) is 21.9 Å². The number of anilines is 1. The second kappa shape index (κ2) is 6.23. The first-order valence-corrected chi connectivity index (χ1v) is 9.26. The molecule has 2 aromatic heterocycles. The maximum Gasteiger partial charge on any atom is 0.469 e. The largest absolute Gasteiger partial charge is 0.469 e. The van der Waals surface area contributed by atoms with Crippen LogP contribution in [0.3, 0.4) is 0 Å². The van der Waals surface area contributed by atoms with Gasteiger partial charge in [0.2, 0.25) is 0 Å². The van der Waals surface area contributed by atoms with Gasteiger partial charge in [0, 0.05) is 11.8 Å². The van der Waals surface area contributed by atoms with Gasteiger partial charge in [0.1, 0.15) is 30.6 Å². The zero-order valence-corrected chi connectivity index (χ0v) is 14.2. The summed E-state index contributed by atoms with van der Waals surface area (Å²) in [7, 11) is -4.70. The maximum atomic E-state index is 11.1. The third-order valence-electron chi connectivity index (χ3n) is 4.31. The van der Waals surface area contributed by atoms with Crippen LogP contribution in [0.1, 0.15) is 12.6 Å². The van der Waals surface area contributed by atoms with Gasteiger partial charge in [0.05, 0.1) is 29.5 Å². The van der Waals surface area contributed by atoms with Crippen molar-refractivity contribution in [2.24, 2.45) is 0 Å². The number of nitrogens with two attached hydrogens (primary N) is 1. The van der Waals surface area contributed by atoms with Crippen LogP contribution in [-0.2, 0) is 13.8 Å². The normalized spacial score (nSPS) is 23.9. The van der Waals surface area contributed by atoms with Crippen LogP contribution in [0.15, 0.2) is 24.8 Å². The number of aliphatic hydroxyl groups excluding tert-OH is 1. The lowest BCUT2D eigenvalue weighted by molar-refractivity contribution is -0.0424. The van der Waals surface area contributed by atoms with E-state index in [2.05, 4.69) is 15.0 Å². The summed E-state index contributed by atoms with van der Waals surface area (Å²) in [6.07, 6.45) is 0.649. The summed E-state index contributed by atoms with van der Waals surface area (Å²) in [6.45, 7) is -0.430. The Labute approximate surface area is 146 Å². The van der Waals surface area contributed by atoms with Gasteiger partial charge in [0.25, 0.3) is 0 Å². The molecule has 1 aliphatic rings. The summed E-state index contributed by atoms with van der Waals surface area (Å²) >= 11 is 0. The van der Waals surface area contributed by atoms with E-state index in [4.69, 9.17) is 24.8 Å². The van der Waals surface area contributed by atoms with Gasteiger partial charge in [-0.1, -0.05) is 0 Å². The molecule has 26 heavy (non-hydrogen) atoms. The van der Waals surface area contributed by atoms with Gasteiger partial charge in [-0.15, -0.1) is 0 Å². The van der Waals surface area contributed by atoms with Crippen LogP contribution in [0.4, 0.5) is 5.82 Å². The van der Waals surface area contributed by atoms with Crippen molar-refractivity contribution < 1.29 is 28.7 Å². The van der Waals surface area contributed by atoms with Gasteiger partial charge < -0.3 is 29.9 Å². The lowest BCUT2D eigenvalue weighted by Crippen LogP contribution is -2.26. The summed E-state index contributed by atoms with van der Waals surface area (Å²) in [6, 6.07) is 3.54. The van der Waals surface area contributed by atoms with Crippen molar-refractivity contribution in [3.63, 3.8) is 0 Å². The Hall–Kier alpha value is -2.14. The second-order valence-electron chi connectivity index (χ2n) is 5.95. The van der Waals surface area contributed by atoms with Gasteiger partial charge >= 0.3 is 7.82 Å². The molecule has 11 nitrogen and oxygen atoms in total. The number of hydrogen-bond acceptors (Lipinski definition) is 8. The standard InChI is InChI=1S/C14H16N5O6P/c15-14-7-1-9-10(2-8(7)16-5-17-14)19(6-18-9)13-3-11(12(4-20)24-13)25-26(21,22)23/h1-2,5-6,11-13,20H,3-4H2,(H2,15,16,17)(H2,21,22,23)/t11-,12+,13+/m0/s1. The smallest absolute Gasteiger partial charge is 0.394 e. The predicted molar refractivity (Wildman–Crippen MR) is 89.8 cm³/mol. The number of nitrogens with zero attached hydrogens (tertiary/aromatic N) is 4. The molecule has 4 rings (SSSR count). The van der Waals surface area contributed by atoms with Crippen molar-refractivity contribution in [2.75, 3.05) is 12.3 Å². The van der Waals surface area contributed by atoms with E-state index in [0.29, 0.717) is 27.8 Å².